The Hall–Kier alpha value is -2.22. The Morgan fingerprint density at radius 1 is 1.59 bits per heavy atom. The summed E-state index contributed by atoms with van der Waals surface area (Å²) in [6.45, 7) is 0. The lowest BCUT2D eigenvalue weighted by Gasteiger charge is -2.13. The summed E-state index contributed by atoms with van der Waals surface area (Å²) in [5.74, 6) is -1.29. The maximum absolute atomic E-state index is 12.2. The van der Waals surface area contributed by atoms with Crippen LogP contribution in [-0.2, 0) is 28.3 Å². The van der Waals surface area contributed by atoms with Gasteiger partial charge in [-0.15, -0.1) is 11.3 Å². The average molecular weight is 340 g/mol. The van der Waals surface area contributed by atoms with Crippen molar-refractivity contribution in [2.75, 3.05) is 0 Å². The summed E-state index contributed by atoms with van der Waals surface area (Å²) >= 11 is 0.783. The number of sulfonamides is 1. The summed E-state index contributed by atoms with van der Waals surface area (Å²) in [7, 11) is -2.32. The van der Waals surface area contributed by atoms with Crippen LogP contribution >= 0.6 is 11.3 Å². The topological polar surface area (TPSA) is 125 Å². The maximum Gasteiger partial charge on any atom is 0.322 e. The number of nitrogens with zero attached hydrogens (tertiary/aromatic N) is 3. The number of rotatable bonds is 6. The van der Waals surface area contributed by atoms with Gasteiger partial charge >= 0.3 is 5.97 Å². The number of thiophene rings is 1. The third-order valence-electron chi connectivity index (χ3n) is 2.75. The molecular weight excluding hydrogens is 328 g/mol. The van der Waals surface area contributed by atoms with Gasteiger partial charge in [0.15, 0.2) is 0 Å². The van der Waals surface area contributed by atoms with Crippen LogP contribution in [0.1, 0.15) is 10.4 Å². The summed E-state index contributed by atoms with van der Waals surface area (Å²) in [5.41, 5.74) is 0.599. The van der Waals surface area contributed by atoms with Gasteiger partial charge in [-0.25, -0.2) is 8.42 Å². The van der Waals surface area contributed by atoms with Crippen LogP contribution in [0.25, 0.3) is 0 Å². The minimum absolute atomic E-state index is 0.0289. The molecule has 2 aromatic heterocycles. The highest BCUT2D eigenvalue weighted by atomic mass is 32.2. The largest absolute Gasteiger partial charge is 0.480 e. The Labute approximate surface area is 130 Å². The van der Waals surface area contributed by atoms with Gasteiger partial charge in [-0.3, -0.25) is 9.48 Å². The van der Waals surface area contributed by atoms with Crippen molar-refractivity contribution in [3.05, 3.63) is 35.0 Å². The first-order chi connectivity index (χ1) is 10.3. The SMILES string of the molecule is Cn1cc(CC(NS(=O)(=O)c2ccc(C#N)s2)C(=O)O)cn1. The maximum atomic E-state index is 12.2. The molecule has 8 nitrogen and oxygen atoms in total. The van der Waals surface area contributed by atoms with Gasteiger partial charge < -0.3 is 5.11 Å². The molecule has 0 aliphatic carbocycles. The number of hydrogen-bond acceptors (Lipinski definition) is 6. The highest BCUT2D eigenvalue weighted by molar-refractivity contribution is 7.91. The molecule has 0 aliphatic heterocycles. The quantitative estimate of drug-likeness (QED) is 0.780. The monoisotopic (exact) mass is 340 g/mol. The molecule has 0 aromatic carbocycles. The van der Waals surface area contributed by atoms with E-state index in [1.807, 2.05) is 6.07 Å². The molecule has 2 rings (SSSR count). The van der Waals surface area contributed by atoms with E-state index < -0.39 is 22.0 Å². The number of aliphatic carboxylic acids is 1. The van der Waals surface area contributed by atoms with Crippen LogP contribution in [0.4, 0.5) is 0 Å². The average Bonchev–Trinajstić information content (AvgIpc) is 3.07. The van der Waals surface area contributed by atoms with E-state index in [9.17, 15) is 18.3 Å². The first-order valence-corrected chi connectivity index (χ1v) is 8.34. The van der Waals surface area contributed by atoms with Crippen molar-refractivity contribution < 1.29 is 18.3 Å². The zero-order valence-electron chi connectivity index (χ0n) is 11.4. The molecule has 10 heteroatoms. The van der Waals surface area contributed by atoms with E-state index in [1.54, 1.807) is 13.2 Å². The molecule has 0 saturated heterocycles. The molecule has 2 heterocycles. The molecule has 0 bridgehead atoms. The van der Waals surface area contributed by atoms with Crippen LogP contribution in [-0.4, -0.2) is 35.3 Å². The second-order valence-electron chi connectivity index (χ2n) is 4.47. The summed E-state index contributed by atoms with van der Waals surface area (Å²) in [5, 5.41) is 21.8. The van der Waals surface area contributed by atoms with Crippen molar-refractivity contribution in [1.82, 2.24) is 14.5 Å². The van der Waals surface area contributed by atoms with E-state index in [2.05, 4.69) is 9.82 Å². The fourth-order valence-corrected chi connectivity index (χ4v) is 4.07. The molecule has 0 amide bonds. The van der Waals surface area contributed by atoms with Crippen LogP contribution in [0.15, 0.2) is 28.7 Å². The van der Waals surface area contributed by atoms with Crippen molar-refractivity contribution in [2.24, 2.45) is 7.05 Å². The molecule has 2 N–H and O–H groups in total. The Morgan fingerprint density at radius 3 is 2.82 bits per heavy atom. The number of carbonyl (C=O) groups is 1. The van der Waals surface area contributed by atoms with Gasteiger partial charge in [0.2, 0.25) is 0 Å². The van der Waals surface area contributed by atoms with E-state index in [0.29, 0.717) is 5.56 Å². The highest BCUT2D eigenvalue weighted by Gasteiger charge is 2.27. The van der Waals surface area contributed by atoms with Crippen LogP contribution in [0.5, 0.6) is 0 Å². The molecule has 0 fully saturated rings. The summed E-state index contributed by atoms with van der Waals surface area (Å²) in [6, 6.07) is 3.16. The number of carboxylic acids is 1. The summed E-state index contributed by atoms with van der Waals surface area (Å²) < 4.78 is 27.9. The number of nitriles is 1. The molecule has 0 saturated carbocycles. The number of aryl methyl sites for hydroxylation is 1. The van der Waals surface area contributed by atoms with E-state index in [-0.39, 0.29) is 15.5 Å². The second-order valence-corrected chi connectivity index (χ2v) is 7.49. The highest BCUT2D eigenvalue weighted by Crippen LogP contribution is 2.21. The third kappa shape index (κ3) is 3.70. The summed E-state index contributed by atoms with van der Waals surface area (Å²) in [4.78, 5) is 11.5. The predicted octanol–water partition coefficient (Wildman–Crippen LogP) is 0.327. The molecule has 0 aliphatic rings. The molecule has 2 aromatic rings. The first kappa shape index (κ1) is 16.2. The summed E-state index contributed by atoms with van der Waals surface area (Å²) in [6.07, 6.45) is 3.06. The van der Waals surface area contributed by atoms with Gasteiger partial charge in [-0.1, -0.05) is 0 Å². The van der Waals surface area contributed by atoms with Crippen molar-refractivity contribution in [1.29, 1.82) is 5.26 Å². The number of aromatic nitrogens is 2. The fraction of sp³-hybridized carbons (Fsp3) is 0.250. The molecule has 1 atom stereocenters. The molecule has 0 spiro atoms. The lowest BCUT2D eigenvalue weighted by atomic mass is 10.1. The molecular formula is C12H12N4O4S2. The minimum Gasteiger partial charge on any atom is -0.480 e. The van der Waals surface area contributed by atoms with Gasteiger partial charge in [0, 0.05) is 19.7 Å². The second kappa shape index (κ2) is 6.27. The number of carboxylic acid groups (broad SMARTS) is 1. The van der Waals surface area contributed by atoms with E-state index in [0.717, 1.165) is 11.3 Å². The molecule has 0 radical (unpaired) electrons. The van der Waals surface area contributed by atoms with Crippen molar-refractivity contribution >= 4 is 27.3 Å². The van der Waals surface area contributed by atoms with Crippen molar-refractivity contribution in [3.8, 4) is 6.07 Å². The lowest BCUT2D eigenvalue weighted by Crippen LogP contribution is -2.41. The first-order valence-electron chi connectivity index (χ1n) is 6.04. The van der Waals surface area contributed by atoms with Gasteiger partial charge in [0.05, 0.1) is 6.20 Å². The van der Waals surface area contributed by atoms with Crippen molar-refractivity contribution in [3.63, 3.8) is 0 Å². The van der Waals surface area contributed by atoms with Gasteiger partial charge in [0.25, 0.3) is 10.0 Å². The molecule has 22 heavy (non-hydrogen) atoms. The number of hydrogen-bond donors (Lipinski definition) is 2. The van der Waals surface area contributed by atoms with Gasteiger partial charge in [-0.05, 0) is 17.7 Å². The zero-order valence-corrected chi connectivity index (χ0v) is 13.1. The van der Waals surface area contributed by atoms with E-state index >= 15 is 0 Å². The Kier molecular flexibility index (Phi) is 4.60. The Balaban J connectivity index is 2.20. The lowest BCUT2D eigenvalue weighted by molar-refractivity contribution is -0.138. The van der Waals surface area contributed by atoms with Crippen LogP contribution in [0.2, 0.25) is 0 Å². The normalized spacial score (nSPS) is 12.7. The third-order valence-corrected chi connectivity index (χ3v) is 5.70. The number of nitrogens with one attached hydrogen (secondary N) is 1. The van der Waals surface area contributed by atoms with Gasteiger partial charge in [0.1, 0.15) is 21.2 Å². The smallest absolute Gasteiger partial charge is 0.322 e. The van der Waals surface area contributed by atoms with Crippen LogP contribution in [0.3, 0.4) is 0 Å². The predicted molar refractivity (Wildman–Crippen MR) is 77.7 cm³/mol. The molecule has 1 unspecified atom stereocenters. The molecule has 116 valence electrons. The van der Waals surface area contributed by atoms with E-state index in [4.69, 9.17) is 5.26 Å². The fourth-order valence-electron chi connectivity index (χ4n) is 1.76. The Morgan fingerprint density at radius 2 is 2.32 bits per heavy atom. The van der Waals surface area contributed by atoms with Crippen molar-refractivity contribution in [2.45, 2.75) is 16.7 Å². The van der Waals surface area contributed by atoms with Gasteiger partial charge in [-0.2, -0.15) is 15.1 Å². The van der Waals surface area contributed by atoms with Crippen LogP contribution < -0.4 is 4.72 Å². The minimum atomic E-state index is -4.00. The zero-order chi connectivity index (χ0) is 16.3. The van der Waals surface area contributed by atoms with E-state index in [1.165, 1.54) is 23.0 Å². The standard InChI is InChI=1S/C12H12N4O4S2/c1-16-7-8(6-14-16)4-10(12(17)18)15-22(19,20)11-3-2-9(5-13)21-11/h2-3,6-7,10,15H,4H2,1H3,(H,17,18). The van der Waals surface area contributed by atoms with Crippen LogP contribution in [0, 0.1) is 11.3 Å². The Bertz CT molecular complexity index is 831.